The van der Waals surface area contributed by atoms with Crippen molar-refractivity contribution in [2.45, 2.75) is 26.4 Å². The Morgan fingerprint density at radius 1 is 0.844 bits per heavy atom. The Balaban J connectivity index is 1.34. The molecule has 0 radical (unpaired) electrons. The van der Waals surface area contributed by atoms with E-state index in [0.29, 0.717) is 42.6 Å². The number of benzene rings is 2. The van der Waals surface area contributed by atoms with E-state index in [4.69, 9.17) is 18.6 Å². The fourth-order valence-corrected chi connectivity index (χ4v) is 2.76. The monoisotopic (exact) mass is 438 g/mol. The molecule has 0 spiro atoms. The Labute approximate surface area is 186 Å². The van der Waals surface area contributed by atoms with Crippen molar-refractivity contribution in [1.82, 2.24) is 10.9 Å². The Bertz CT molecular complexity index is 1000. The van der Waals surface area contributed by atoms with E-state index in [-0.39, 0.29) is 24.7 Å². The number of amides is 2. The molecule has 0 saturated heterocycles. The van der Waals surface area contributed by atoms with Crippen LogP contribution in [0.2, 0.25) is 0 Å². The van der Waals surface area contributed by atoms with Gasteiger partial charge in [0.05, 0.1) is 13.2 Å². The Hall–Kier alpha value is -3.94. The SMILES string of the molecule is CCOc1ccccc1OCCCC(=O)NNC(=O)c1ccc(COc2ccccc2)o1. The van der Waals surface area contributed by atoms with Gasteiger partial charge < -0.3 is 18.6 Å². The predicted molar refractivity (Wildman–Crippen MR) is 117 cm³/mol. The highest BCUT2D eigenvalue weighted by Crippen LogP contribution is 2.26. The van der Waals surface area contributed by atoms with Crippen LogP contribution < -0.4 is 25.1 Å². The molecular weight excluding hydrogens is 412 g/mol. The van der Waals surface area contributed by atoms with Gasteiger partial charge in [-0.3, -0.25) is 20.4 Å². The number of hydrogen-bond donors (Lipinski definition) is 2. The van der Waals surface area contributed by atoms with Crippen LogP contribution in [-0.4, -0.2) is 25.0 Å². The molecule has 8 heteroatoms. The highest BCUT2D eigenvalue weighted by atomic mass is 16.5. The van der Waals surface area contributed by atoms with Gasteiger partial charge in [-0.05, 0) is 49.7 Å². The molecule has 0 saturated carbocycles. The van der Waals surface area contributed by atoms with Crippen molar-refractivity contribution in [3.05, 3.63) is 78.3 Å². The average Bonchev–Trinajstić information content (AvgIpc) is 3.30. The Morgan fingerprint density at radius 2 is 1.56 bits per heavy atom. The number of carbonyl (C=O) groups excluding carboxylic acids is 2. The van der Waals surface area contributed by atoms with Crippen LogP contribution in [0.5, 0.6) is 17.2 Å². The third-order valence-electron chi connectivity index (χ3n) is 4.28. The molecule has 0 atom stereocenters. The summed E-state index contributed by atoms with van der Waals surface area (Å²) in [5, 5.41) is 0. The fourth-order valence-electron chi connectivity index (χ4n) is 2.76. The van der Waals surface area contributed by atoms with Gasteiger partial charge in [0.25, 0.3) is 0 Å². The molecule has 0 aliphatic heterocycles. The molecule has 2 N–H and O–H groups in total. The first-order chi connectivity index (χ1) is 15.7. The fraction of sp³-hybridized carbons (Fsp3) is 0.250. The van der Waals surface area contributed by atoms with E-state index in [2.05, 4.69) is 10.9 Å². The zero-order chi connectivity index (χ0) is 22.6. The maximum Gasteiger partial charge on any atom is 0.305 e. The molecule has 0 bridgehead atoms. The molecular formula is C24H26N2O6. The third kappa shape index (κ3) is 7.09. The summed E-state index contributed by atoms with van der Waals surface area (Å²) in [4.78, 5) is 24.1. The van der Waals surface area contributed by atoms with Gasteiger partial charge in [-0.2, -0.15) is 0 Å². The number of carbonyl (C=O) groups is 2. The minimum absolute atomic E-state index is 0.0767. The van der Waals surface area contributed by atoms with Crippen LogP contribution in [0.1, 0.15) is 36.1 Å². The standard InChI is InChI=1S/C24H26N2O6/c1-2-29-20-11-6-7-12-21(20)30-16-8-13-23(27)25-26-24(28)22-15-14-19(32-22)17-31-18-9-4-3-5-10-18/h3-7,9-12,14-15H,2,8,13,16-17H2,1H3,(H,25,27)(H,26,28). The van der Waals surface area contributed by atoms with Crippen LogP contribution in [0.3, 0.4) is 0 Å². The first-order valence-electron chi connectivity index (χ1n) is 10.4. The van der Waals surface area contributed by atoms with Crippen LogP contribution in [0, 0.1) is 0 Å². The molecule has 32 heavy (non-hydrogen) atoms. The van der Waals surface area contributed by atoms with Gasteiger partial charge in [0.1, 0.15) is 18.1 Å². The quantitative estimate of drug-likeness (QED) is 0.348. The molecule has 0 unspecified atom stereocenters. The Morgan fingerprint density at radius 3 is 2.31 bits per heavy atom. The lowest BCUT2D eigenvalue weighted by Crippen LogP contribution is -2.41. The molecule has 2 aromatic carbocycles. The second kappa shape index (κ2) is 12.0. The van der Waals surface area contributed by atoms with E-state index in [9.17, 15) is 9.59 Å². The van der Waals surface area contributed by atoms with E-state index >= 15 is 0 Å². The number of rotatable bonds is 11. The number of hydrazine groups is 1. The predicted octanol–water partition coefficient (Wildman–Crippen LogP) is 3.88. The van der Waals surface area contributed by atoms with Gasteiger partial charge in [-0.15, -0.1) is 0 Å². The average molecular weight is 438 g/mol. The van der Waals surface area contributed by atoms with Crippen LogP contribution in [0.25, 0.3) is 0 Å². The van der Waals surface area contributed by atoms with Gasteiger partial charge in [0, 0.05) is 6.42 Å². The molecule has 1 aromatic heterocycles. The van der Waals surface area contributed by atoms with Crippen molar-refractivity contribution in [2.75, 3.05) is 13.2 Å². The van der Waals surface area contributed by atoms with Gasteiger partial charge in [-0.1, -0.05) is 30.3 Å². The molecule has 3 rings (SSSR count). The van der Waals surface area contributed by atoms with Crippen LogP contribution in [0.15, 0.2) is 71.1 Å². The van der Waals surface area contributed by atoms with E-state index in [0.717, 1.165) is 0 Å². The summed E-state index contributed by atoms with van der Waals surface area (Å²) in [7, 11) is 0. The van der Waals surface area contributed by atoms with E-state index < -0.39 is 5.91 Å². The summed E-state index contributed by atoms with van der Waals surface area (Å²) in [6.07, 6.45) is 0.662. The lowest BCUT2D eigenvalue weighted by Gasteiger charge is -2.11. The molecule has 0 aliphatic rings. The molecule has 2 amide bonds. The lowest BCUT2D eigenvalue weighted by molar-refractivity contribution is -0.122. The lowest BCUT2D eigenvalue weighted by atomic mass is 10.3. The maximum atomic E-state index is 12.2. The molecule has 0 aliphatic carbocycles. The summed E-state index contributed by atoms with van der Waals surface area (Å²) >= 11 is 0. The minimum atomic E-state index is -0.550. The number of furan rings is 1. The van der Waals surface area contributed by atoms with E-state index in [1.807, 2.05) is 61.5 Å². The summed E-state index contributed by atoms with van der Waals surface area (Å²) in [5.74, 6) is 1.69. The van der Waals surface area contributed by atoms with E-state index in [1.165, 1.54) is 6.07 Å². The van der Waals surface area contributed by atoms with Crippen molar-refractivity contribution in [2.24, 2.45) is 0 Å². The first kappa shape index (κ1) is 22.7. The topological polar surface area (TPSA) is 99.0 Å². The highest BCUT2D eigenvalue weighted by molar-refractivity contribution is 5.92. The molecule has 8 nitrogen and oxygen atoms in total. The summed E-state index contributed by atoms with van der Waals surface area (Å²) in [6.45, 7) is 2.97. The smallest absolute Gasteiger partial charge is 0.305 e. The van der Waals surface area contributed by atoms with E-state index in [1.54, 1.807) is 6.07 Å². The summed E-state index contributed by atoms with van der Waals surface area (Å²) in [5.41, 5.74) is 4.70. The largest absolute Gasteiger partial charge is 0.490 e. The zero-order valence-electron chi connectivity index (χ0n) is 17.8. The van der Waals surface area contributed by atoms with Crippen molar-refractivity contribution in [3.63, 3.8) is 0 Å². The van der Waals surface area contributed by atoms with Gasteiger partial charge in [0.2, 0.25) is 5.91 Å². The van der Waals surface area contributed by atoms with Crippen molar-refractivity contribution in [3.8, 4) is 17.2 Å². The number of nitrogens with one attached hydrogen (secondary N) is 2. The number of hydrogen-bond acceptors (Lipinski definition) is 6. The van der Waals surface area contributed by atoms with Crippen LogP contribution in [-0.2, 0) is 11.4 Å². The van der Waals surface area contributed by atoms with Crippen molar-refractivity contribution in [1.29, 1.82) is 0 Å². The summed E-state index contributed by atoms with van der Waals surface area (Å²) < 4.78 is 22.2. The highest BCUT2D eigenvalue weighted by Gasteiger charge is 2.13. The summed E-state index contributed by atoms with van der Waals surface area (Å²) in [6, 6.07) is 19.8. The van der Waals surface area contributed by atoms with Crippen molar-refractivity contribution >= 4 is 11.8 Å². The van der Waals surface area contributed by atoms with Crippen LogP contribution >= 0.6 is 0 Å². The number of ether oxygens (including phenoxy) is 3. The molecule has 168 valence electrons. The first-order valence-corrected chi connectivity index (χ1v) is 10.4. The van der Waals surface area contributed by atoms with Crippen LogP contribution in [0.4, 0.5) is 0 Å². The number of para-hydroxylation sites is 3. The molecule has 1 heterocycles. The Kier molecular flexibility index (Phi) is 8.56. The van der Waals surface area contributed by atoms with Gasteiger partial charge >= 0.3 is 5.91 Å². The second-order valence-electron chi connectivity index (χ2n) is 6.70. The zero-order valence-corrected chi connectivity index (χ0v) is 17.8. The molecule has 0 fully saturated rings. The van der Waals surface area contributed by atoms with Gasteiger partial charge in [-0.25, -0.2) is 0 Å². The minimum Gasteiger partial charge on any atom is -0.490 e. The third-order valence-corrected chi connectivity index (χ3v) is 4.28. The van der Waals surface area contributed by atoms with Crippen molar-refractivity contribution < 1.29 is 28.2 Å². The second-order valence-corrected chi connectivity index (χ2v) is 6.70. The van der Waals surface area contributed by atoms with Gasteiger partial charge in [0.15, 0.2) is 17.3 Å². The normalized spacial score (nSPS) is 10.3. The molecule has 3 aromatic rings. The maximum absolute atomic E-state index is 12.2.